The number of aromatic nitrogens is 1. The molecule has 0 aliphatic carbocycles. The molecular formula is C38H33FN2O6S. The molecule has 0 saturated carbocycles. The van der Waals surface area contributed by atoms with Crippen LogP contribution in [0.15, 0.2) is 112 Å². The molecule has 1 aliphatic heterocycles. The smallest absolute Gasteiger partial charge is 0.338 e. The summed E-state index contributed by atoms with van der Waals surface area (Å²) in [4.78, 5) is 33.4. The topological polar surface area (TPSA) is 88.4 Å². The number of ether oxygens (including phenoxy) is 4. The van der Waals surface area contributed by atoms with Crippen molar-refractivity contribution in [1.29, 1.82) is 0 Å². The van der Waals surface area contributed by atoms with Crippen molar-refractivity contribution in [2.75, 3.05) is 20.3 Å². The van der Waals surface area contributed by atoms with Crippen LogP contribution in [0.2, 0.25) is 0 Å². The lowest BCUT2D eigenvalue weighted by atomic mass is 9.92. The Hall–Kier alpha value is -5.48. The number of para-hydroxylation sites is 1. The van der Waals surface area contributed by atoms with Crippen molar-refractivity contribution in [3.05, 3.63) is 150 Å². The second-order valence-electron chi connectivity index (χ2n) is 10.7. The SMILES string of the molecule is CCOC(=O)C1=C(c2ccccc2)N=c2s/c(=C/c3ccc(OCc4ccc(F)cc4)c(OCC)c3)c(=O)n2C1c1ccccc1OC. The van der Waals surface area contributed by atoms with Crippen LogP contribution in [0, 0.1) is 5.82 Å². The van der Waals surface area contributed by atoms with Crippen LogP contribution >= 0.6 is 11.3 Å². The number of rotatable bonds is 11. The zero-order chi connectivity index (χ0) is 33.6. The summed E-state index contributed by atoms with van der Waals surface area (Å²) in [5, 5.41) is 0. The summed E-state index contributed by atoms with van der Waals surface area (Å²) >= 11 is 1.22. The average molecular weight is 665 g/mol. The molecule has 5 aromatic rings. The third-order valence-electron chi connectivity index (χ3n) is 7.68. The Balaban J connectivity index is 1.49. The minimum atomic E-state index is -0.866. The molecule has 2 heterocycles. The van der Waals surface area contributed by atoms with Crippen LogP contribution in [-0.2, 0) is 16.1 Å². The molecular weight excluding hydrogens is 631 g/mol. The van der Waals surface area contributed by atoms with E-state index in [1.807, 2.05) is 61.5 Å². The molecule has 10 heteroatoms. The highest BCUT2D eigenvalue weighted by molar-refractivity contribution is 7.07. The number of carbonyl (C=O) groups excluding carboxylic acids is 1. The van der Waals surface area contributed by atoms with E-state index in [4.69, 9.17) is 23.9 Å². The third kappa shape index (κ3) is 6.65. The van der Waals surface area contributed by atoms with Gasteiger partial charge in [0, 0.05) is 11.1 Å². The van der Waals surface area contributed by atoms with Crippen LogP contribution in [0.5, 0.6) is 17.2 Å². The lowest BCUT2D eigenvalue weighted by Crippen LogP contribution is -2.40. The molecule has 0 amide bonds. The van der Waals surface area contributed by atoms with E-state index in [0.717, 1.165) is 11.1 Å². The molecule has 6 rings (SSSR count). The summed E-state index contributed by atoms with van der Waals surface area (Å²) < 4.78 is 38.5. The molecule has 48 heavy (non-hydrogen) atoms. The van der Waals surface area contributed by atoms with Gasteiger partial charge in [0.1, 0.15) is 24.2 Å². The van der Waals surface area contributed by atoms with Crippen LogP contribution in [-0.4, -0.2) is 30.9 Å². The van der Waals surface area contributed by atoms with Gasteiger partial charge in [-0.05, 0) is 61.4 Å². The molecule has 1 atom stereocenters. The van der Waals surface area contributed by atoms with E-state index in [9.17, 15) is 14.0 Å². The van der Waals surface area contributed by atoms with Crippen LogP contribution in [0.1, 0.15) is 42.1 Å². The lowest BCUT2D eigenvalue weighted by molar-refractivity contribution is -0.138. The molecule has 0 spiro atoms. The third-order valence-corrected chi connectivity index (χ3v) is 8.66. The number of fused-ring (bicyclic) bond motifs is 1. The van der Waals surface area contributed by atoms with Crippen molar-refractivity contribution < 1.29 is 28.1 Å². The van der Waals surface area contributed by atoms with E-state index in [1.165, 1.54) is 28.0 Å². The Morgan fingerprint density at radius 2 is 1.65 bits per heavy atom. The van der Waals surface area contributed by atoms with Gasteiger partial charge >= 0.3 is 5.97 Å². The van der Waals surface area contributed by atoms with Crippen LogP contribution in [0.3, 0.4) is 0 Å². The highest BCUT2D eigenvalue weighted by Crippen LogP contribution is 2.38. The van der Waals surface area contributed by atoms with Gasteiger partial charge in [-0.2, -0.15) is 0 Å². The second kappa shape index (κ2) is 14.5. The zero-order valence-corrected chi connectivity index (χ0v) is 27.5. The molecule has 1 aliphatic rings. The van der Waals surface area contributed by atoms with Gasteiger partial charge in [-0.25, -0.2) is 14.2 Å². The van der Waals surface area contributed by atoms with Crippen molar-refractivity contribution in [3.63, 3.8) is 0 Å². The fourth-order valence-electron chi connectivity index (χ4n) is 5.52. The molecule has 4 aromatic carbocycles. The molecule has 0 bridgehead atoms. The van der Waals surface area contributed by atoms with Gasteiger partial charge in [0.15, 0.2) is 16.3 Å². The maximum atomic E-state index is 14.3. The summed E-state index contributed by atoms with van der Waals surface area (Å²) in [5.74, 6) is 0.659. The quantitative estimate of drug-likeness (QED) is 0.160. The molecule has 1 unspecified atom stereocenters. The van der Waals surface area contributed by atoms with Crippen molar-refractivity contribution in [2.24, 2.45) is 4.99 Å². The summed E-state index contributed by atoms with van der Waals surface area (Å²) in [6.07, 6.45) is 1.77. The first-order valence-electron chi connectivity index (χ1n) is 15.5. The average Bonchev–Trinajstić information content (AvgIpc) is 3.42. The number of esters is 1. The maximum Gasteiger partial charge on any atom is 0.338 e. The van der Waals surface area contributed by atoms with E-state index in [0.29, 0.717) is 50.0 Å². The van der Waals surface area contributed by atoms with E-state index in [-0.39, 0.29) is 30.2 Å². The van der Waals surface area contributed by atoms with Crippen LogP contribution in [0.25, 0.3) is 11.8 Å². The van der Waals surface area contributed by atoms with Crippen LogP contribution < -0.4 is 29.1 Å². The molecule has 1 aromatic heterocycles. The fourth-order valence-corrected chi connectivity index (χ4v) is 6.52. The second-order valence-corrected chi connectivity index (χ2v) is 11.7. The molecule has 0 radical (unpaired) electrons. The predicted molar refractivity (Wildman–Crippen MR) is 182 cm³/mol. The molecule has 244 valence electrons. The zero-order valence-electron chi connectivity index (χ0n) is 26.6. The van der Waals surface area contributed by atoms with Crippen molar-refractivity contribution in [3.8, 4) is 17.2 Å². The summed E-state index contributed by atoms with van der Waals surface area (Å²) in [6, 6.07) is 27.3. The highest BCUT2D eigenvalue weighted by Gasteiger charge is 2.36. The monoisotopic (exact) mass is 664 g/mol. The van der Waals surface area contributed by atoms with Crippen LogP contribution in [0.4, 0.5) is 4.39 Å². The van der Waals surface area contributed by atoms with Gasteiger partial charge in [0.25, 0.3) is 5.56 Å². The predicted octanol–water partition coefficient (Wildman–Crippen LogP) is 6.06. The van der Waals surface area contributed by atoms with Gasteiger partial charge < -0.3 is 18.9 Å². The van der Waals surface area contributed by atoms with Crippen molar-refractivity contribution in [2.45, 2.75) is 26.5 Å². The van der Waals surface area contributed by atoms with E-state index < -0.39 is 12.0 Å². The Kier molecular flexibility index (Phi) is 9.82. The standard InChI is InChI=1S/C38H33FN2O6S/c1-4-45-31-21-25(17-20-30(31)47-23-24-15-18-27(39)19-16-24)22-32-36(42)41-35(28-13-9-10-14-29(28)44-3)33(37(43)46-5-2)34(40-38(41)48-32)26-11-7-6-8-12-26/h6-22,35H,4-5,23H2,1-3H3/b32-22+. The number of halogens is 1. The number of nitrogens with zero attached hydrogens (tertiary/aromatic N) is 2. The maximum absolute atomic E-state index is 14.3. The van der Waals surface area contributed by atoms with E-state index in [1.54, 1.807) is 50.4 Å². The summed E-state index contributed by atoms with van der Waals surface area (Å²) in [6.45, 7) is 4.39. The number of carbonyl (C=O) groups is 1. The summed E-state index contributed by atoms with van der Waals surface area (Å²) in [7, 11) is 1.55. The lowest BCUT2D eigenvalue weighted by Gasteiger charge is -2.27. The minimum absolute atomic E-state index is 0.152. The normalized spacial score (nSPS) is 14.2. The first kappa shape index (κ1) is 32.5. The minimum Gasteiger partial charge on any atom is -0.496 e. The number of hydrogen-bond acceptors (Lipinski definition) is 8. The molecule has 0 saturated heterocycles. The number of hydrogen-bond donors (Lipinski definition) is 0. The first-order chi connectivity index (χ1) is 23.4. The van der Waals surface area contributed by atoms with Crippen molar-refractivity contribution >= 4 is 29.1 Å². The Morgan fingerprint density at radius 3 is 2.38 bits per heavy atom. The Morgan fingerprint density at radius 1 is 0.896 bits per heavy atom. The van der Waals surface area contributed by atoms with Crippen molar-refractivity contribution in [1.82, 2.24) is 4.57 Å². The summed E-state index contributed by atoms with van der Waals surface area (Å²) in [5.41, 5.74) is 3.21. The number of methoxy groups -OCH3 is 1. The van der Waals surface area contributed by atoms with E-state index >= 15 is 0 Å². The molecule has 8 nitrogen and oxygen atoms in total. The molecule has 0 N–H and O–H groups in total. The number of thiazole rings is 1. The Labute approximate surface area is 280 Å². The molecule has 0 fully saturated rings. The fraction of sp³-hybridized carbons (Fsp3) is 0.184. The number of benzene rings is 4. The highest BCUT2D eigenvalue weighted by atomic mass is 32.1. The Bertz CT molecular complexity index is 2160. The van der Waals surface area contributed by atoms with Gasteiger partial charge in [-0.1, -0.05) is 78.1 Å². The first-order valence-corrected chi connectivity index (χ1v) is 16.3. The van der Waals surface area contributed by atoms with Gasteiger partial charge in [0.2, 0.25) is 0 Å². The largest absolute Gasteiger partial charge is 0.496 e. The van der Waals surface area contributed by atoms with Gasteiger partial charge in [0.05, 0.1) is 36.1 Å². The van der Waals surface area contributed by atoms with Gasteiger partial charge in [-0.15, -0.1) is 0 Å². The van der Waals surface area contributed by atoms with E-state index in [2.05, 4.69) is 0 Å². The van der Waals surface area contributed by atoms with Gasteiger partial charge in [-0.3, -0.25) is 9.36 Å².